The molecule has 0 aromatic carbocycles. The molecule has 8 heteroatoms. The molecule has 7 nitrogen and oxygen atoms in total. The lowest BCUT2D eigenvalue weighted by atomic mass is 10.0. The molecule has 1 N–H and O–H groups in total. The number of rotatable bonds is 7. The highest BCUT2D eigenvalue weighted by Gasteiger charge is 2.38. The number of carboxylic acids is 1. The molecule has 2 rings (SSSR count). The van der Waals surface area contributed by atoms with Crippen molar-refractivity contribution in [2.24, 2.45) is 0 Å². The fourth-order valence-electron chi connectivity index (χ4n) is 3.59. The van der Waals surface area contributed by atoms with E-state index < -0.39 is 5.97 Å². The fraction of sp³-hybridized carbons (Fsp3) is 0.824. The van der Waals surface area contributed by atoms with Crippen LogP contribution in [0.1, 0.15) is 39.5 Å². The maximum atomic E-state index is 12.9. The predicted octanol–water partition coefficient (Wildman–Crippen LogP) is 1.09. The van der Waals surface area contributed by atoms with Gasteiger partial charge in [-0.15, -0.1) is 11.8 Å². The standard InChI is InChI=1S/C17H29N3O4S/c1-3-5-15(21)20-12-25-11-14(20)17(24)19-8-6-13(7-9-19)18(4-2)10-16(22)23/h13-14H,3-12H2,1-2H3,(H,22,23). The first-order chi connectivity index (χ1) is 12.0. The van der Waals surface area contributed by atoms with Crippen LogP contribution in [0.25, 0.3) is 0 Å². The van der Waals surface area contributed by atoms with Crippen LogP contribution in [0, 0.1) is 0 Å². The van der Waals surface area contributed by atoms with Crippen molar-refractivity contribution in [2.45, 2.75) is 51.6 Å². The molecule has 142 valence electrons. The van der Waals surface area contributed by atoms with Crippen molar-refractivity contribution in [1.82, 2.24) is 14.7 Å². The van der Waals surface area contributed by atoms with Crippen LogP contribution in [0.4, 0.5) is 0 Å². The predicted molar refractivity (Wildman–Crippen MR) is 97.4 cm³/mol. The summed E-state index contributed by atoms with van der Waals surface area (Å²) in [6, 6.07) is -0.122. The molecule has 0 aromatic rings. The van der Waals surface area contributed by atoms with Gasteiger partial charge in [0.2, 0.25) is 11.8 Å². The molecule has 2 amide bonds. The number of hydrogen-bond acceptors (Lipinski definition) is 5. The molecule has 0 aliphatic carbocycles. The van der Waals surface area contributed by atoms with Crippen molar-refractivity contribution in [1.29, 1.82) is 0 Å². The summed E-state index contributed by atoms with van der Waals surface area (Å²) in [6.07, 6.45) is 2.86. The Morgan fingerprint density at radius 2 is 1.88 bits per heavy atom. The molecule has 2 heterocycles. The Morgan fingerprint density at radius 3 is 2.44 bits per heavy atom. The second kappa shape index (κ2) is 9.43. The van der Waals surface area contributed by atoms with Gasteiger partial charge in [-0.1, -0.05) is 13.8 Å². The summed E-state index contributed by atoms with van der Waals surface area (Å²) in [5, 5.41) is 9.01. The van der Waals surface area contributed by atoms with E-state index >= 15 is 0 Å². The van der Waals surface area contributed by atoms with Crippen LogP contribution in [-0.2, 0) is 14.4 Å². The van der Waals surface area contributed by atoms with Crippen LogP contribution < -0.4 is 0 Å². The third kappa shape index (κ3) is 5.10. The molecule has 0 radical (unpaired) electrons. The number of likely N-dealkylation sites (tertiary alicyclic amines) is 1. The molecule has 0 spiro atoms. The summed E-state index contributed by atoms with van der Waals surface area (Å²) in [5.41, 5.74) is 0. The Bertz CT molecular complexity index is 494. The van der Waals surface area contributed by atoms with E-state index in [1.165, 1.54) is 0 Å². The van der Waals surface area contributed by atoms with Gasteiger partial charge in [-0.05, 0) is 25.8 Å². The van der Waals surface area contributed by atoms with Gasteiger partial charge in [-0.3, -0.25) is 19.3 Å². The van der Waals surface area contributed by atoms with Crippen molar-refractivity contribution >= 4 is 29.5 Å². The van der Waals surface area contributed by atoms with Crippen molar-refractivity contribution in [3.05, 3.63) is 0 Å². The van der Waals surface area contributed by atoms with Crippen LogP contribution in [0.3, 0.4) is 0 Å². The average Bonchev–Trinajstić information content (AvgIpc) is 3.09. The molecule has 0 aromatic heterocycles. The lowest BCUT2D eigenvalue weighted by Crippen LogP contribution is -2.53. The molecule has 1 unspecified atom stereocenters. The second-order valence-electron chi connectivity index (χ2n) is 6.64. The van der Waals surface area contributed by atoms with E-state index in [9.17, 15) is 14.4 Å². The molecule has 0 bridgehead atoms. The quantitative estimate of drug-likeness (QED) is 0.721. The maximum Gasteiger partial charge on any atom is 0.317 e. The summed E-state index contributed by atoms with van der Waals surface area (Å²) in [7, 11) is 0. The van der Waals surface area contributed by atoms with Crippen LogP contribution in [0.2, 0.25) is 0 Å². The molecule has 2 aliphatic rings. The molecular weight excluding hydrogens is 342 g/mol. The minimum Gasteiger partial charge on any atom is -0.480 e. The van der Waals surface area contributed by atoms with E-state index in [1.54, 1.807) is 16.7 Å². The molecule has 2 aliphatic heterocycles. The molecule has 1 atom stereocenters. The zero-order chi connectivity index (χ0) is 18.4. The number of thioether (sulfide) groups is 1. The number of aliphatic carboxylic acids is 1. The topological polar surface area (TPSA) is 81.2 Å². The first-order valence-electron chi connectivity index (χ1n) is 9.09. The van der Waals surface area contributed by atoms with Gasteiger partial charge in [0.15, 0.2) is 0 Å². The maximum absolute atomic E-state index is 12.9. The lowest BCUT2D eigenvalue weighted by molar-refractivity contribution is -0.145. The molecular formula is C17H29N3O4S. The van der Waals surface area contributed by atoms with Gasteiger partial charge >= 0.3 is 5.97 Å². The van der Waals surface area contributed by atoms with Gasteiger partial charge in [-0.2, -0.15) is 0 Å². The Kier molecular flexibility index (Phi) is 7.56. The fourth-order valence-corrected chi connectivity index (χ4v) is 4.76. The lowest BCUT2D eigenvalue weighted by Gasteiger charge is -2.39. The number of likely N-dealkylation sites (N-methyl/N-ethyl adjacent to an activating group) is 1. The zero-order valence-electron chi connectivity index (χ0n) is 15.1. The van der Waals surface area contributed by atoms with Gasteiger partial charge in [-0.25, -0.2) is 0 Å². The van der Waals surface area contributed by atoms with E-state index in [2.05, 4.69) is 0 Å². The van der Waals surface area contributed by atoms with Gasteiger partial charge in [0, 0.05) is 31.3 Å². The minimum atomic E-state index is -0.812. The van der Waals surface area contributed by atoms with Gasteiger partial charge in [0.1, 0.15) is 6.04 Å². The number of carboxylic acid groups (broad SMARTS) is 1. The summed E-state index contributed by atoms with van der Waals surface area (Å²) in [4.78, 5) is 41.6. The zero-order valence-corrected chi connectivity index (χ0v) is 16.0. The molecule has 0 saturated carbocycles. The monoisotopic (exact) mass is 371 g/mol. The van der Waals surface area contributed by atoms with Gasteiger partial charge in [0.25, 0.3) is 0 Å². The smallest absolute Gasteiger partial charge is 0.317 e. The minimum absolute atomic E-state index is 0.0493. The van der Waals surface area contributed by atoms with Crippen LogP contribution in [-0.4, -0.2) is 87.5 Å². The summed E-state index contributed by atoms with van der Waals surface area (Å²) in [5.74, 6) is 0.587. The van der Waals surface area contributed by atoms with Gasteiger partial charge in [0.05, 0.1) is 12.4 Å². The van der Waals surface area contributed by atoms with Crippen LogP contribution in [0.5, 0.6) is 0 Å². The molecule has 2 saturated heterocycles. The third-order valence-electron chi connectivity index (χ3n) is 4.99. The van der Waals surface area contributed by atoms with E-state index in [0.29, 0.717) is 37.7 Å². The van der Waals surface area contributed by atoms with Crippen molar-refractivity contribution in [3.63, 3.8) is 0 Å². The van der Waals surface area contributed by atoms with Gasteiger partial charge < -0.3 is 14.9 Å². The third-order valence-corrected chi connectivity index (χ3v) is 6.00. The Morgan fingerprint density at radius 1 is 1.20 bits per heavy atom. The Labute approximate surface area is 153 Å². The van der Waals surface area contributed by atoms with Crippen molar-refractivity contribution in [3.8, 4) is 0 Å². The largest absolute Gasteiger partial charge is 0.480 e. The highest BCUT2D eigenvalue weighted by atomic mass is 32.2. The van der Waals surface area contributed by atoms with E-state index in [4.69, 9.17) is 5.11 Å². The summed E-state index contributed by atoms with van der Waals surface area (Å²) >= 11 is 1.64. The number of carbonyl (C=O) groups excluding carboxylic acids is 2. The highest BCUT2D eigenvalue weighted by Crippen LogP contribution is 2.25. The highest BCUT2D eigenvalue weighted by molar-refractivity contribution is 7.99. The number of carbonyl (C=O) groups is 3. The van der Waals surface area contributed by atoms with E-state index in [0.717, 1.165) is 19.3 Å². The SMILES string of the molecule is CCCC(=O)N1CSCC1C(=O)N1CCC(N(CC)CC(=O)O)CC1. The Hall–Kier alpha value is -1.28. The van der Waals surface area contributed by atoms with Crippen molar-refractivity contribution < 1.29 is 19.5 Å². The first-order valence-corrected chi connectivity index (χ1v) is 10.2. The van der Waals surface area contributed by atoms with Crippen molar-refractivity contribution in [2.75, 3.05) is 37.8 Å². The Balaban J connectivity index is 1.90. The normalized spacial score (nSPS) is 21.8. The van der Waals surface area contributed by atoms with E-state index in [-0.39, 0.29) is 30.4 Å². The summed E-state index contributed by atoms with van der Waals surface area (Å²) < 4.78 is 0. The average molecular weight is 372 g/mol. The number of amides is 2. The van der Waals surface area contributed by atoms with Crippen LogP contribution >= 0.6 is 11.8 Å². The number of piperidine rings is 1. The van der Waals surface area contributed by atoms with E-state index in [1.807, 2.05) is 23.6 Å². The number of hydrogen-bond donors (Lipinski definition) is 1. The summed E-state index contributed by atoms with van der Waals surface area (Å²) in [6.45, 7) is 5.96. The number of nitrogens with zero attached hydrogens (tertiary/aromatic N) is 3. The molecule has 25 heavy (non-hydrogen) atoms. The van der Waals surface area contributed by atoms with Crippen LogP contribution in [0.15, 0.2) is 0 Å². The molecule has 2 fully saturated rings. The second-order valence-corrected chi connectivity index (χ2v) is 7.64. The first kappa shape index (κ1) is 20.0.